The molecule has 0 aliphatic carbocycles. The van der Waals surface area contributed by atoms with Crippen LogP contribution in [0.4, 0.5) is 17.1 Å². The van der Waals surface area contributed by atoms with Crippen LogP contribution in [0.2, 0.25) is 5.02 Å². The number of nitrogens with zero attached hydrogens (tertiary/aromatic N) is 1. The molecule has 0 bridgehead atoms. The Labute approximate surface area is 136 Å². The summed E-state index contributed by atoms with van der Waals surface area (Å²) in [5.74, 6) is 0. The van der Waals surface area contributed by atoms with Crippen LogP contribution < -0.4 is 11.1 Å². The molecule has 0 saturated carbocycles. The van der Waals surface area contributed by atoms with Gasteiger partial charge in [0.05, 0.1) is 5.69 Å². The summed E-state index contributed by atoms with van der Waals surface area (Å²) in [7, 11) is 0. The largest absolute Gasteiger partial charge is 0.398 e. The zero-order valence-corrected chi connectivity index (χ0v) is 13.7. The van der Waals surface area contributed by atoms with Gasteiger partial charge in [0.2, 0.25) is 0 Å². The van der Waals surface area contributed by atoms with Gasteiger partial charge in [0.25, 0.3) is 0 Å². The standard InChI is InChI=1S/C16H13BrClN3/c1-9-6-12(17)16(7-13(9)18)21-15-3-2-14(19)11-8-20-5-4-10(11)15/h2-8,21H,19H2,1H3. The van der Waals surface area contributed by atoms with Gasteiger partial charge in [0.15, 0.2) is 0 Å². The van der Waals surface area contributed by atoms with Crippen LogP contribution in [0, 0.1) is 6.92 Å². The maximum Gasteiger partial charge on any atom is 0.0543 e. The van der Waals surface area contributed by atoms with Crippen molar-refractivity contribution in [3.05, 3.63) is 57.8 Å². The number of halogens is 2. The lowest BCUT2D eigenvalue weighted by molar-refractivity contribution is 1.36. The lowest BCUT2D eigenvalue weighted by Gasteiger charge is -2.13. The maximum absolute atomic E-state index is 6.20. The number of aromatic nitrogens is 1. The van der Waals surface area contributed by atoms with Gasteiger partial charge in [-0.25, -0.2) is 0 Å². The predicted molar refractivity (Wildman–Crippen MR) is 93.3 cm³/mol. The summed E-state index contributed by atoms with van der Waals surface area (Å²) in [4.78, 5) is 4.13. The van der Waals surface area contributed by atoms with Crippen LogP contribution in [0.15, 0.2) is 47.2 Å². The molecule has 1 heterocycles. The van der Waals surface area contributed by atoms with Gasteiger partial charge in [-0.3, -0.25) is 4.98 Å². The number of benzene rings is 2. The second kappa shape index (κ2) is 5.54. The van der Waals surface area contributed by atoms with Crippen LogP contribution >= 0.6 is 27.5 Å². The van der Waals surface area contributed by atoms with Gasteiger partial charge in [-0.05, 0) is 58.7 Å². The fourth-order valence-corrected chi connectivity index (χ4v) is 2.93. The van der Waals surface area contributed by atoms with Gasteiger partial charge >= 0.3 is 0 Å². The lowest BCUT2D eigenvalue weighted by atomic mass is 10.1. The second-order valence-electron chi connectivity index (χ2n) is 4.83. The van der Waals surface area contributed by atoms with Crippen molar-refractivity contribution >= 4 is 55.4 Å². The number of nitrogens with one attached hydrogen (secondary N) is 1. The fourth-order valence-electron chi connectivity index (χ4n) is 2.21. The van der Waals surface area contributed by atoms with E-state index in [1.807, 2.05) is 37.3 Å². The molecule has 0 fully saturated rings. The third-order valence-electron chi connectivity index (χ3n) is 3.37. The number of pyridine rings is 1. The molecule has 5 heteroatoms. The van der Waals surface area contributed by atoms with Crippen LogP contribution in [-0.4, -0.2) is 4.98 Å². The topological polar surface area (TPSA) is 50.9 Å². The fraction of sp³-hybridized carbons (Fsp3) is 0.0625. The highest BCUT2D eigenvalue weighted by Crippen LogP contribution is 2.34. The van der Waals surface area contributed by atoms with E-state index < -0.39 is 0 Å². The van der Waals surface area contributed by atoms with Crippen LogP contribution in [0.3, 0.4) is 0 Å². The second-order valence-corrected chi connectivity index (χ2v) is 6.09. The van der Waals surface area contributed by atoms with Gasteiger partial charge in [-0.1, -0.05) is 11.6 Å². The first kappa shape index (κ1) is 14.2. The quantitative estimate of drug-likeness (QED) is 0.609. The first-order chi connectivity index (χ1) is 10.1. The molecular formula is C16H13BrClN3. The van der Waals surface area contributed by atoms with Crippen molar-refractivity contribution in [2.24, 2.45) is 0 Å². The number of aryl methyl sites for hydroxylation is 1. The number of rotatable bonds is 2. The average molecular weight is 363 g/mol. The Morgan fingerprint density at radius 1 is 1.14 bits per heavy atom. The Kier molecular flexibility index (Phi) is 3.74. The molecular weight excluding hydrogens is 350 g/mol. The Morgan fingerprint density at radius 2 is 1.95 bits per heavy atom. The summed E-state index contributed by atoms with van der Waals surface area (Å²) in [6.07, 6.45) is 3.52. The zero-order valence-electron chi connectivity index (χ0n) is 11.3. The molecule has 0 saturated heterocycles. The van der Waals surface area contributed by atoms with Crippen molar-refractivity contribution in [3.63, 3.8) is 0 Å². The molecule has 0 unspecified atom stereocenters. The smallest absolute Gasteiger partial charge is 0.0543 e. The lowest BCUT2D eigenvalue weighted by Crippen LogP contribution is -1.96. The molecule has 2 aromatic carbocycles. The Bertz CT molecular complexity index is 833. The van der Waals surface area contributed by atoms with Crippen LogP contribution in [-0.2, 0) is 0 Å². The van der Waals surface area contributed by atoms with Gasteiger partial charge in [0, 0.05) is 44.0 Å². The molecule has 0 radical (unpaired) electrons. The van der Waals surface area contributed by atoms with E-state index in [9.17, 15) is 0 Å². The highest BCUT2D eigenvalue weighted by Gasteiger charge is 2.08. The minimum atomic E-state index is 0.713. The maximum atomic E-state index is 6.20. The van der Waals surface area contributed by atoms with E-state index in [-0.39, 0.29) is 0 Å². The number of anilines is 3. The number of nitrogen functional groups attached to an aromatic ring is 1. The number of fused-ring (bicyclic) bond motifs is 1. The van der Waals surface area contributed by atoms with E-state index in [0.29, 0.717) is 5.69 Å². The van der Waals surface area contributed by atoms with E-state index in [1.54, 1.807) is 12.4 Å². The highest BCUT2D eigenvalue weighted by atomic mass is 79.9. The third kappa shape index (κ3) is 2.69. The normalized spacial score (nSPS) is 10.8. The number of nitrogens with two attached hydrogens (primary N) is 1. The molecule has 3 nitrogen and oxygen atoms in total. The van der Waals surface area contributed by atoms with Crippen molar-refractivity contribution in [1.82, 2.24) is 4.98 Å². The minimum Gasteiger partial charge on any atom is -0.398 e. The summed E-state index contributed by atoms with van der Waals surface area (Å²) >= 11 is 9.76. The molecule has 0 aliphatic rings. The monoisotopic (exact) mass is 361 g/mol. The molecule has 3 N–H and O–H groups in total. The van der Waals surface area contributed by atoms with Gasteiger partial charge < -0.3 is 11.1 Å². The zero-order chi connectivity index (χ0) is 15.0. The summed E-state index contributed by atoms with van der Waals surface area (Å²) < 4.78 is 0.962. The minimum absolute atomic E-state index is 0.713. The molecule has 0 spiro atoms. The van der Waals surface area contributed by atoms with Crippen molar-refractivity contribution in [2.75, 3.05) is 11.1 Å². The molecule has 0 aliphatic heterocycles. The van der Waals surface area contributed by atoms with E-state index in [1.165, 1.54) is 0 Å². The van der Waals surface area contributed by atoms with Crippen molar-refractivity contribution in [3.8, 4) is 0 Å². The number of hydrogen-bond donors (Lipinski definition) is 2. The summed E-state index contributed by atoms with van der Waals surface area (Å²) in [5.41, 5.74) is 9.61. The third-order valence-corrected chi connectivity index (χ3v) is 4.43. The van der Waals surface area contributed by atoms with Gasteiger partial charge in [0.1, 0.15) is 0 Å². The van der Waals surface area contributed by atoms with Crippen molar-refractivity contribution in [1.29, 1.82) is 0 Å². The molecule has 3 aromatic rings. The molecule has 106 valence electrons. The Morgan fingerprint density at radius 3 is 2.76 bits per heavy atom. The Balaban J connectivity index is 2.11. The van der Waals surface area contributed by atoms with Crippen molar-refractivity contribution < 1.29 is 0 Å². The SMILES string of the molecule is Cc1cc(Br)c(Nc2ccc(N)c3cnccc23)cc1Cl. The first-order valence-electron chi connectivity index (χ1n) is 6.41. The van der Waals surface area contributed by atoms with Crippen LogP contribution in [0.5, 0.6) is 0 Å². The molecule has 21 heavy (non-hydrogen) atoms. The Hall–Kier alpha value is -1.78. The van der Waals surface area contributed by atoms with E-state index >= 15 is 0 Å². The molecule has 0 atom stereocenters. The van der Waals surface area contributed by atoms with E-state index in [0.717, 1.165) is 37.2 Å². The van der Waals surface area contributed by atoms with Crippen molar-refractivity contribution in [2.45, 2.75) is 6.92 Å². The van der Waals surface area contributed by atoms with Gasteiger partial charge in [-0.15, -0.1) is 0 Å². The highest BCUT2D eigenvalue weighted by molar-refractivity contribution is 9.10. The van der Waals surface area contributed by atoms with Gasteiger partial charge in [-0.2, -0.15) is 0 Å². The van der Waals surface area contributed by atoms with Crippen LogP contribution in [0.1, 0.15) is 5.56 Å². The molecule has 0 amide bonds. The van der Waals surface area contributed by atoms with E-state index in [4.69, 9.17) is 17.3 Å². The first-order valence-corrected chi connectivity index (χ1v) is 7.58. The average Bonchev–Trinajstić information content (AvgIpc) is 2.48. The summed E-state index contributed by atoms with van der Waals surface area (Å²) in [5, 5.41) is 6.07. The summed E-state index contributed by atoms with van der Waals surface area (Å²) in [6, 6.07) is 9.67. The van der Waals surface area contributed by atoms with Crippen LogP contribution in [0.25, 0.3) is 10.8 Å². The number of hydrogen-bond acceptors (Lipinski definition) is 3. The van der Waals surface area contributed by atoms with E-state index in [2.05, 4.69) is 26.2 Å². The molecule has 3 rings (SSSR count). The summed E-state index contributed by atoms with van der Waals surface area (Å²) in [6.45, 7) is 1.97. The molecule has 1 aromatic heterocycles. The predicted octanol–water partition coefficient (Wildman–Crippen LogP) is 5.28.